The van der Waals surface area contributed by atoms with Gasteiger partial charge < -0.3 is 19.3 Å². The van der Waals surface area contributed by atoms with Crippen molar-refractivity contribution < 1.29 is 18.8 Å². The van der Waals surface area contributed by atoms with Crippen LogP contribution in [-0.2, 0) is 11.3 Å². The minimum Gasteiger partial charge on any atom is -0.491 e. The van der Waals surface area contributed by atoms with Crippen LogP contribution in [0.25, 0.3) is 11.4 Å². The number of carbonyl (C=O) groups excluding carboxylic acids is 1. The average Bonchev–Trinajstić information content (AvgIpc) is 3.44. The first-order valence-electron chi connectivity index (χ1n) is 9.28. The Morgan fingerprint density at radius 3 is 2.71 bits per heavy atom. The van der Waals surface area contributed by atoms with E-state index in [2.05, 4.69) is 15.5 Å². The Hall–Kier alpha value is -3.19. The predicted octanol–water partition coefficient (Wildman–Crippen LogP) is 3.22. The summed E-state index contributed by atoms with van der Waals surface area (Å²) < 4.78 is 16.4. The second kappa shape index (κ2) is 8.67. The molecule has 2 aromatic carbocycles. The topological polar surface area (TPSA) is 86.5 Å². The van der Waals surface area contributed by atoms with Crippen molar-refractivity contribution in [1.82, 2.24) is 15.5 Å². The standard InChI is InChI=1S/C21H21N3O4/c25-21(16-8-10-17(11-9-16)27-14-18-7-4-12-26-18)22-13-19-23-20(24-28-19)15-5-2-1-3-6-15/h1-3,5-6,8-11,18H,4,7,12-14H2,(H,22,25). The van der Waals surface area contributed by atoms with Gasteiger partial charge in [-0.1, -0.05) is 35.5 Å². The number of benzene rings is 2. The van der Waals surface area contributed by atoms with Crippen LogP contribution in [0, 0.1) is 0 Å². The van der Waals surface area contributed by atoms with Crippen LogP contribution in [0.3, 0.4) is 0 Å². The monoisotopic (exact) mass is 379 g/mol. The second-order valence-electron chi connectivity index (χ2n) is 6.53. The fourth-order valence-electron chi connectivity index (χ4n) is 2.96. The van der Waals surface area contributed by atoms with E-state index in [1.165, 1.54) is 0 Å². The van der Waals surface area contributed by atoms with Crippen molar-refractivity contribution in [1.29, 1.82) is 0 Å². The van der Waals surface area contributed by atoms with E-state index in [1.54, 1.807) is 24.3 Å². The van der Waals surface area contributed by atoms with Crippen LogP contribution in [0.1, 0.15) is 29.1 Å². The molecule has 1 N–H and O–H groups in total. The fraction of sp³-hybridized carbons (Fsp3) is 0.286. The van der Waals surface area contributed by atoms with Crippen LogP contribution in [-0.4, -0.2) is 35.4 Å². The van der Waals surface area contributed by atoms with Crippen molar-refractivity contribution in [3.8, 4) is 17.1 Å². The summed E-state index contributed by atoms with van der Waals surface area (Å²) in [5.74, 6) is 1.35. The van der Waals surface area contributed by atoms with E-state index >= 15 is 0 Å². The number of amides is 1. The van der Waals surface area contributed by atoms with Crippen LogP contribution in [0.5, 0.6) is 5.75 Å². The van der Waals surface area contributed by atoms with Crippen LogP contribution in [0.15, 0.2) is 59.1 Å². The zero-order valence-corrected chi connectivity index (χ0v) is 15.3. The van der Waals surface area contributed by atoms with E-state index in [1.807, 2.05) is 30.3 Å². The lowest BCUT2D eigenvalue weighted by Gasteiger charge is -2.11. The Morgan fingerprint density at radius 1 is 1.14 bits per heavy atom. The lowest BCUT2D eigenvalue weighted by atomic mass is 10.2. The SMILES string of the molecule is O=C(NCc1nc(-c2ccccc2)no1)c1ccc(OCC2CCCO2)cc1. The zero-order chi connectivity index (χ0) is 19.2. The lowest BCUT2D eigenvalue weighted by Crippen LogP contribution is -2.23. The molecule has 4 rings (SSSR count). The maximum absolute atomic E-state index is 12.3. The molecule has 1 amide bonds. The summed E-state index contributed by atoms with van der Waals surface area (Å²) in [6, 6.07) is 16.5. The number of nitrogens with one attached hydrogen (secondary N) is 1. The molecule has 1 atom stereocenters. The molecular weight excluding hydrogens is 358 g/mol. The molecule has 1 aliphatic rings. The number of ether oxygens (including phenoxy) is 2. The highest BCUT2D eigenvalue weighted by molar-refractivity contribution is 5.94. The Kier molecular flexibility index (Phi) is 5.63. The van der Waals surface area contributed by atoms with Crippen LogP contribution < -0.4 is 10.1 Å². The van der Waals surface area contributed by atoms with Gasteiger partial charge in [0.15, 0.2) is 0 Å². The van der Waals surface area contributed by atoms with Gasteiger partial charge in [-0.2, -0.15) is 4.98 Å². The highest BCUT2D eigenvalue weighted by atomic mass is 16.5. The third-order valence-electron chi connectivity index (χ3n) is 4.48. The summed E-state index contributed by atoms with van der Waals surface area (Å²) in [6.07, 6.45) is 2.28. The van der Waals surface area contributed by atoms with Crippen molar-refractivity contribution in [3.05, 3.63) is 66.1 Å². The molecule has 1 aromatic heterocycles. The van der Waals surface area contributed by atoms with Gasteiger partial charge in [-0.15, -0.1) is 0 Å². The van der Waals surface area contributed by atoms with E-state index in [4.69, 9.17) is 14.0 Å². The molecule has 0 aliphatic carbocycles. The number of aromatic nitrogens is 2. The van der Waals surface area contributed by atoms with Crippen molar-refractivity contribution in [2.24, 2.45) is 0 Å². The molecule has 2 heterocycles. The van der Waals surface area contributed by atoms with Crippen LogP contribution >= 0.6 is 0 Å². The quantitative estimate of drug-likeness (QED) is 0.678. The summed E-state index contributed by atoms with van der Waals surface area (Å²) in [6.45, 7) is 1.50. The highest BCUT2D eigenvalue weighted by Crippen LogP contribution is 2.17. The van der Waals surface area contributed by atoms with Gasteiger partial charge in [-0.25, -0.2) is 0 Å². The van der Waals surface area contributed by atoms with Gasteiger partial charge in [-0.05, 0) is 37.1 Å². The molecule has 7 nitrogen and oxygen atoms in total. The largest absolute Gasteiger partial charge is 0.491 e. The summed E-state index contributed by atoms with van der Waals surface area (Å²) in [7, 11) is 0. The Labute approximate surface area is 162 Å². The molecule has 28 heavy (non-hydrogen) atoms. The number of rotatable bonds is 7. The smallest absolute Gasteiger partial charge is 0.251 e. The van der Waals surface area contributed by atoms with Gasteiger partial charge in [0.1, 0.15) is 12.4 Å². The number of hydrogen-bond acceptors (Lipinski definition) is 6. The summed E-state index contributed by atoms with van der Waals surface area (Å²) in [5, 5.41) is 6.72. The molecule has 0 radical (unpaired) electrons. The fourth-order valence-corrected chi connectivity index (χ4v) is 2.96. The first kappa shape index (κ1) is 18.2. The predicted molar refractivity (Wildman–Crippen MR) is 102 cm³/mol. The van der Waals surface area contributed by atoms with Gasteiger partial charge in [0.2, 0.25) is 11.7 Å². The van der Waals surface area contributed by atoms with Gasteiger partial charge in [0.25, 0.3) is 5.91 Å². The molecule has 0 spiro atoms. The maximum Gasteiger partial charge on any atom is 0.251 e. The Balaban J connectivity index is 1.28. The Morgan fingerprint density at radius 2 is 1.96 bits per heavy atom. The van der Waals surface area contributed by atoms with Gasteiger partial charge in [-0.3, -0.25) is 4.79 Å². The van der Waals surface area contributed by atoms with Crippen molar-refractivity contribution >= 4 is 5.91 Å². The van der Waals surface area contributed by atoms with E-state index in [-0.39, 0.29) is 18.6 Å². The Bertz CT molecular complexity index is 903. The number of carbonyl (C=O) groups is 1. The molecule has 1 aliphatic heterocycles. The normalized spacial score (nSPS) is 16.1. The molecule has 0 bridgehead atoms. The molecule has 0 saturated carbocycles. The minimum absolute atomic E-state index is 0.163. The van der Waals surface area contributed by atoms with Gasteiger partial charge >= 0.3 is 0 Å². The van der Waals surface area contributed by atoms with Gasteiger partial charge in [0.05, 0.1) is 12.6 Å². The summed E-state index contributed by atoms with van der Waals surface area (Å²) in [4.78, 5) is 16.6. The van der Waals surface area contributed by atoms with Crippen molar-refractivity contribution in [3.63, 3.8) is 0 Å². The van der Waals surface area contributed by atoms with Crippen molar-refractivity contribution in [2.45, 2.75) is 25.5 Å². The lowest BCUT2D eigenvalue weighted by molar-refractivity contribution is 0.0679. The molecule has 3 aromatic rings. The molecule has 1 saturated heterocycles. The van der Waals surface area contributed by atoms with Crippen LogP contribution in [0.4, 0.5) is 0 Å². The van der Waals surface area contributed by atoms with E-state index in [0.29, 0.717) is 23.9 Å². The zero-order valence-electron chi connectivity index (χ0n) is 15.3. The molecule has 144 valence electrons. The minimum atomic E-state index is -0.217. The summed E-state index contributed by atoms with van der Waals surface area (Å²) in [5.41, 5.74) is 1.40. The first-order valence-corrected chi connectivity index (χ1v) is 9.28. The molecule has 1 unspecified atom stereocenters. The number of nitrogens with zero attached hydrogens (tertiary/aromatic N) is 2. The number of hydrogen-bond donors (Lipinski definition) is 1. The molecular formula is C21H21N3O4. The maximum atomic E-state index is 12.3. The first-order chi connectivity index (χ1) is 13.8. The van der Waals surface area contributed by atoms with E-state index in [0.717, 1.165) is 30.8 Å². The molecule has 7 heteroatoms. The van der Waals surface area contributed by atoms with E-state index < -0.39 is 0 Å². The third-order valence-corrected chi connectivity index (χ3v) is 4.48. The van der Waals surface area contributed by atoms with Gasteiger partial charge in [0, 0.05) is 17.7 Å². The highest BCUT2D eigenvalue weighted by Gasteiger charge is 2.16. The molecule has 1 fully saturated rings. The summed E-state index contributed by atoms with van der Waals surface area (Å²) >= 11 is 0. The van der Waals surface area contributed by atoms with Crippen LogP contribution in [0.2, 0.25) is 0 Å². The third kappa shape index (κ3) is 4.55. The average molecular weight is 379 g/mol. The second-order valence-corrected chi connectivity index (χ2v) is 6.53. The van der Waals surface area contributed by atoms with Crippen molar-refractivity contribution in [2.75, 3.05) is 13.2 Å². The van der Waals surface area contributed by atoms with E-state index in [9.17, 15) is 4.79 Å².